The van der Waals surface area contributed by atoms with Crippen LogP contribution in [0.15, 0.2) is 65.6 Å². The lowest BCUT2D eigenvalue weighted by Crippen LogP contribution is -2.13. The van der Waals surface area contributed by atoms with E-state index in [1.807, 2.05) is 11.8 Å². The SMILES string of the molecule is Cc1cccc2c1SC[N+](c1ccc3ccccc3c1)=C2. The largest absolute Gasteiger partial charge is 0.206 e. The Balaban J connectivity index is 1.82. The van der Waals surface area contributed by atoms with Crippen LogP contribution >= 0.6 is 11.8 Å². The predicted octanol–water partition coefficient (Wildman–Crippen LogP) is 4.97. The minimum absolute atomic E-state index is 0.968. The van der Waals surface area contributed by atoms with Gasteiger partial charge in [0.15, 0.2) is 12.1 Å². The quantitative estimate of drug-likeness (QED) is 0.571. The fraction of sp³-hybridized carbons (Fsp3) is 0.105. The van der Waals surface area contributed by atoms with E-state index in [4.69, 9.17) is 0 Å². The lowest BCUT2D eigenvalue weighted by molar-refractivity contribution is -0.411. The van der Waals surface area contributed by atoms with Crippen LogP contribution in [-0.2, 0) is 0 Å². The van der Waals surface area contributed by atoms with Crippen LogP contribution in [0.4, 0.5) is 5.69 Å². The first kappa shape index (κ1) is 12.7. The van der Waals surface area contributed by atoms with Gasteiger partial charge < -0.3 is 0 Å². The van der Waals surface area contributed by atoms with Crippen LogP contribution in [0.5, 0.6) is 0 Å². The molecule has 0 bridgehead atoms. The third-order valence-corrected chi connectivity index (χ3v) is 5.20. The van der Waals surface area contributed by atoms with Gasteiger partial charge in [0.2, 0.25) is 5.69 Å². The highest BCUT2D eigenvalue weighted by Gasteiger charge is 2.19. The Bertz CT molecular complexity index is 864. The van der Waals surface area contributed by atoms with E-state index in [0.29, 0.717) is 0 Å². The zero-order chi connectivity index (χ0) is 14.2. The van der Waals surface area contributed by atoms with Gasteiger partial charge in [-0.3, -0.25) is 0 Å². The van der Waals surface area contributed by atoms with Gasteiger partial charge in [0.25, 0.3) is 0 Å². The molecule has 3 aromatic rings. The molecule has 0 amide bonds. The standard InChI is InChI=1S/C19H16NS/c1-14-5-4-8-17-12-20(13-21-19(14)17)18-10-9-15-6-2-3-7-16(15)11-18/h2-12H,13H2,1H3/q+1. The number of hydrogen-bond donors (Lipinski definition) is 0. The molecule has 1 aliphatic heterocycles. The van der Waals surface area contributed by atoms with Crippen molar-refractivity contribution < 1.29 is 4.58 Å². The average Bonchev–Trinajstić information content (AvgIpc) is 2.54. The number of benzene rings is 3. The molecule has 0 fully saturated rings. The van der Waals surface area contributed by atoms with Gasteiger partial charge in [0.1, 0.15) is 0 Å². The fourth-order valence-corrected chi connectivity index (χ4v) is 3.89. The maximum atomic E-state index is 2.33. The van der Waals surface area contributed by atoms with Crippen LogP contribution in [0, 0.1) is 6.92 Å². The Morgan fingerprint density at radius 3 is 2.67 bits per heavy atom. The molecule has 1 heterocycles. The number of nitrogens with zero attached hydrogens (tertiary/aromatic N) is 1. The molecule has 1 nitrogen and oxygen atoms in total. The molecule has 2 heteroatoms. The molecule has 0 radical (unpaired) electrons. The highest BCUT2D eigenvalue weighted by Crippen LogP contribution is 2.31. The highest BCUT2D eigenvalue weighted by atomic mass is 32.2. The van der Waals surface area contributed by atoms with Crippen molar-refractivity contribution in [1.82, 2.24) is 0 Å². The first-order valence-electron chi connectivity index (χ1n) is 7.14. The summed E-state index contributed by atoms with van der Waals surface area (Å²) in [7, 11) is 0. The molecule has 0 saturated heterocycles. The topological polar surface area (TPSA) is 3.01 Å². The van der Waals surface area contributed by atoms with E-state index in [1.165, 1.54) is 32.5 Å². The van der Waals surface area contributed by atoms with Crippen LogP contribution in [0.3, 0.4) is 0 Å². The first-order chi connectivity index (χ1) is 10.3. The van der Waals surface area contributed by atoms with Crippen LogP contribution in [0.2, 0.25) is 0 Å². The van der Waals surface area contributed by atoms with E-state index < -0.39 is 0 Å². The average molecular weight is 290 g/mol. The normalized spacial score (nSPS) is 13.9. The summed E-state index contributed by atoms with van der Waals surface area (Å²) < 4.78 is 2.33. The van der Waals surface area contributed by atoms with Gasteiger partial charge in [-0.1, -0.05) is 48.2 Å². The fourth-order valence-electron chi connectivity index (χ4n) is 2.82. The molecular weight excluding hydrogens is 274 g/mol. The van der Waals surface area contributed by atoms with E-state index in [-0.39, 0.29) is 0 Å². The monoisotopic (exact) mass is 290 g/mol. The van der Waals surface area contributed by atoms with Crippen molar-refractivity contribution in [3.63, 3.8) is 0 Å². The Morgan fingerprint density at radius 1 is 0.905 bits per heavy atom. The molecule has 0 aliphatic carbocycles. The number of thioether (sulfide) groups is 1. The molecule has 1 aliphatic rings. The number of fused-ring (bicyclic) bond motifs is 2. The molecule has 0 N–H and O–H groups in total. The Hall–Kier alpha value is -2.06. The third-order valence-electron chi connectivity index (χ3n) is 3.95. The van der Waals surface area contributed by atoms with Crippen molar-refractivity contribution in [3.8, 4) is 0 Å². The van der Waals surface area contributed by atoms with E-state index in [2.05, 4.69) is 78.4 Å². The molecule has 0 spiro atoms. The van der Waals surface area contributed by atoms with Gasteiger partial charge in [0.05, 0.1) is 5.56 Å². The van der Waals surface area contributed by atoms with Gasteiger partial charge in [-0.05, 0) is 35.4 Å². The summed E-state index contributed by atoms with van der Waals surface area (Å²) in [4.78, 5) is 1.41. The zero-order valence-electron chi connectivity index (χ0n) is 11.9. The molecule has 0 unspecified atom stereocenters. The van der Waals surface area contributed by atoms with Crippen LogP contribution < -0.4 is 0 Å². The van der Waals surface area contributed by atoms with Gasteiger partial charge >= 0.3 is 0 Å². The van der Waals surface area contributed by atoms with Crippen LogP contribution in [0.1, 0.15) is 11.1 Å². The van der Waals surface area contributed by atoms with Gasteiger partial charge in [-0.25, -0.2) is 0 Å². The maximum Gasteiger partial charge on any atom is 0.206 e. The summed E-state index contributed by atoms with van der Waals surface area (Å²) >= 11 is 1.92. The van der Waals surface area contributed by atoms with E-state index in [0.717, 1.165) is 5.88 Å². The molecule has 0 saturated carbocycles. The van der Waals surface area contributed by atoms with Gasteiger partial charge in [-0.2, -0.15) is 4.58 Å². The summed E-state index contributed by atoms with van der Waals surface area (Å²) in [5.41, 5.74) is 3.94. The van der Waals surface area contributed by atoms with Crippen molar-refractivity contribution in [2.24, 2.45) is 0 Å². The van der Waals surface area contributed by atoms with Crippen LogP contribution in [-0.4, -0.2) is 16.7 Å². The highest BCUT2D eigenvalue weighted by molar-refractivity contribution is 7.99. The van der Waals surface area contributed by atoms with Crippen molar-refractivity contribution in [2.45, 2.75) is 11.8 Å². The summed E-state index contributed by atoms with van der Waals surface area (Å²) in [5.74, 6) is 0.968. The zero-order valence-corrected chi connectivity index (χ0v) is 12.7. The second-order valence-electron chi connectivity index (χ2n) is 5.40. The summed E-state index contributed by atoms with van der Waals surface area (Å²) in [6.07, 6.45) is 2.27. The minimum Gasteiger partial charge on any atom is -0.188 e. The van der Waals surface area contributed by atoms with Crippen molar-refractivity contribution in [2.75, 3.05) is 5.88 Å². The predicted molar refractivity (Wildman–Crippen MR) is 90.9 cm³/mol. The van der Waals surface area contributed by atoms with Crippen LogP contribution in [0.25, 0.3) is 10.8 Å². The summed E-state index contributed by atoms with van der Waals surface area (Å²) in [5, 5.41) is 2.59. The maximum absolute atomic E-state index is 2.33. The second kappa shape index (κ2) is 5.05. The van der Waals surface area contributed by atoms with E-state index in [9.17, 15) is 0 Å². The number of hydrogen-bond acceptors (Lipinski definition) is 1. The molecule has 4 rings (SSSR count). The van der Waals surface area contributed by atoms with Gasteiger partial charge in [0, 0.05) is 17.0 Å². The van der Waals surface area contributed by atoms with Crippen molar-refractivity contribution in [3.05, 3.63) is 71.8 Å². The molecule has 0 aromatic heterocycles. The first-order valence-corrected chi connectivity index (χ1v) is 8.12. The molecule has 21 heavy (non-hydrogen) atoms. The Labute approximate surface area is 128 Å². The second-order valence-corrected chi connectivity index (χ2v) is 6.35. The molecular formula is C19H16NS+. The van der Waals surface area contributed by atoms with Crippen molar-refractivity contribution in [1.29, 1.82) is 0 Å². The molecule has 0 atom stereocenters. The van der Waals surface area contributed by atoms with E-state index in [1.54, 1.807) is 0 Å². The number of rotatable bonds is 1. The van der Waals surface area contributed by atoms with Crippen molar-refractivity contribution >= 4 is 34.4 Å². The lowest BCUT2D eigenvalue weighted by atomic mass is 10.1. The molecule has 102 valence electrons. The third kappa shape index (κ3) is 2.26. The molecule has 3 aromatic carbocycles. The smallest absolute Gasteiger partial charge is 0.188 e. The van der Waals surface area contributed by atoms with E-state index >= 15 is 0 Å². The summed E-state index contributed by atoms with van der Waals surface area (Å²) in [6.45, 7) is 2.19. The lowest BCUT2D eigenvalue weighted by Gasteiger charge is -2.13. The Kier molecular flexibility index (Phi) is 3.04. The number of aryl methyl sites for hydroxylation is 1. The van der Waals surface area contributed by atoms with Gasteiger partial charge in [-0.15, -0.1) is 0 Å². The summed E-state index contributed by atoms with van der Waals surface area (Å²) in [6, 6.07) is 21.7. The Morgan fingerprint density at radius 2 is 1.76 bits per heavy atom. The minimum atomic E-state index is 0.968.